The predicted octanol–water partition coefficient (Wildman–Crippen LogP) is 7.98. The maximum Gasteiger partial charge on any atom is 0.192 e. The zero-order valence-corrected chi connectivity index (χ0v) is 24.8. The van der Waals surface area contributed by atoms with E-state index in [2.05, 4.69) is 52.6 Å². The molecule has 0 saturated carbocycles. The Labute approximate surface area is 213 Å². The van der Waals surface area contributed by atoms with Crippen molar-refractivity contribution >= 4 is 8.32 Å². The van der Waals surface area contributed by atoms with Crippen molar-refractivity contribution in [1.82, 2.24) is 0 Å². The number of hydrogen-bond donors (Lipinski definition) is 1. The van der Waals surface area contributed by atoms with Crippen LogP contribution in [-0.4, -0.2) is 44.1 Å². The van der Waals surface area contributed by atoms with Crippen molar-refractivity contribution in [3.63, 3.8) is 0 Å². The lowest BCUT2D eigenvalue weighted by Gasteiger charge is -2.41. The Morgan fingerprint density at radius 1 is 0.971 bits per heavy atom. The van der Waals surface area contributed by atoms with Crippen LogP contribution in [0.3, 0.4) is 0 Å². The summed E-state index contributed by atoms with van der Waals surface area (Å²) < 4.78 is 18.6. The molecule has 1 rings (SSSR count). The molecule has 200 valence electrons. The van der Waals surface area contributed by atoms with Crippen LogP contribution in [0.1, 0.15) is 125 Å². The lowest BCUT2D eigenvalue weighted by Crippen LogP contribution is -2.48. The van der Waals surface area contributed by atoms with E-state index in [0.29, 0.717) is 19.4 Å². The van der Waals surface area contributed by atoms with E-state index in [1.807, 2.05) is 13.8 Å². The van der Waals surface area contributed by atoms with E-state index in [9.17, 15) is 5.11 Å². The minimum Gasteiger partial charge on any atom is -0.411 e. The highest BCUT2D eigenvalue weighted by Gasteiger charge is 2.44. The Morgan fingerprint density at radius 3 is 2.03 bits per heavy atom. The van der Waals surface area contributed by atoms with E-state index in [4.69, 9.17) is 13.9 Å². The minimum atomic E-state index is -2.00. The van der Waals surface area contributed by atoms with Crippen molar-refractivity contribution in [2.24, 2.45) is 0 Å². The highest BCUT2D eigenvalue weighted by Crippen LogP contribution is 2.39. The fraction of sp³-hybridized carbons (Fsp3) is 0.931. The molecule has 1 saturated heterocycles. The molecule has 0 aromatic heterocycles. The van der Waals surface area contributed by atoms with Gasteiger partial charge < -0.3 is 19.0 Å². The standard InChI is InChI=1S/C29H56O4Si/c1-9-10-11-12-13-14-15-16-17-18-19-20-21-22-25(30)23-26(27-24-31-29(5,6)32-27)33-34(7,8)28(2,3)4/h25-27,30H,9-19,22-24H2,1-8H3/t25-,26+,27-/m1/s1. The zero-order valence-electron chi connectivity index (χ0n) is 23.8. The van der Waals surface area contributed by atoms with Gasteiger partial charge in [0.1, 0.15) is 6.10 Å². The van der Waals surface area contributed by atoms with Crippen LogP contribution in [0.4, 0.5) is 0 Å². The van der Waals surface area contributed by atoms with Gasteiger partial charge >= 0.3 is 0 Å². The summed E-state index contributed by atoms with van der Waals surface area (Å²) in [5.41, 5.74) is 0. The molecule has 34 heavy (non-hydrogen) atoms. The number of hydrogen-bond acceptors (Lipinski definition) is 4. The minimum absolute atomic E-state index is 0.0973. The second-order valence-corrected chi connectivity index (χ2v) is 16.9. The molecule has 0 amide bonds. The zero-order chi connectivity index (χ0) is 25.7. The van der Waals surface area contributed by atoms with E-state index >= 15 is 0 Å². The number of aliphatic hydroxyl groups is 1. The molecule has 0 spiro atoms. The fourth-order valence-electron chi connectivity index (χ4n) is 4.06. The summed E-state index contributed by atoms with van der Waals surface area (Å²) in [4.78, 5) is 0. The molecule has 0 radical (unpaired) electrons. The molecule has 4 nitrogen and oxygen atoms in total. The fourth-order valence-corrected chi connectivity index (χ4v) is 5.42. The van der Waals surface area contributed by atoms with Crippen LogP contribution in [0, 0.1) is 11.8 Å². The van der Waals surface area contributed by atoms with Crippen LogP contribution in [-0.2, 0) is 13.9 Å². The van der Waals surface area contributed by atoms with Gasteiger partial charge in [0.05, 0.1) is 18.8 Å². The molecule has 1 fully saturated rings. The number of ether oxygens (including phenoxy) is 2. The van der Waals surface area contributed by atoms with Crippen molar-refractivity contribution in [3.05, 3.63) is 0 Å². The van der Waals surface area contributed by atoms with E-state index < -0.39 is 20.2 Å². The summed E-state index contributed by atoms with van der Waals surface area (Å²) in [6, 6.07) is 0. The summed E-state index contributed by atoms with van der Waals surface area (Å²) in [6.45, 7) is 17.9. The molecule has 3 atom stereocenters. The van der Waals surface area contributed by atoms with Gasteiger partial charge in [0.15, 0.2) is 14.1 Å². The molecule has 0 aliphatic carbocycles. The highest BCUT2D eigenvalue weighted by molar-refractivity contribution is 6.74. The summed E-state index contributed by atoms with van der Waals surface area (Å²) >= 11 is 0. The van der Waals surface area contributed by atoms with Crippen LogP contribution in [0.15, 0.2) is 0 Å². The Balaban J connectivity index is 2.36. The topological polar surface area (TPSA) is 47.9 Å². The Kier molecular flexibility index (Phi) is 14.6. The molecule has 1 aliphatic rings. The van der Waals surface area contributed by atoms with Gasteiger partial charge in [0.25, 0.3) is 0 Å². The molecule has 0 bridgehead atoms. The first-order chi connectivity index (χ1) is 15.9. The molecule has 0 aromatic carbocycles. The maximum atomic E-state index is 10.7. The summed E-state index contributed by atoms with van der Waals surface area (Å²) in [6.07, 6.45) is 14.5. The number of aliphatic hydroxyl groups excluding tert-OH is 1. The first kappa shape index (κ1) is 31.6. The van der Waals surface area contributed by atoms with Crippen molar-refractivity contribution in [1.29, 1.82) is 0 Å². The van der Waals surface area contributed by atoms with Crippen LogP contribution < -0.4 is 0 Å². The monoisotopic (exact) mass is 496 g/mol. The quantitative estimate of drug-likeness (QED) is 0.134. The van der Waals surface area contributed by atoms with Gasteiger partial charge in [-0.05, 0) is 38.4 Å². The van der Waals surface area contributed by atoms with Gasteiger partial charge in [-0.1, -0.05) is 85.5 Å². The Morgan fingerprint density at radius 2 is 1.53 bits per heavy atom. The van der Waals surface area contributed by atoms with E-state index in [-0.39, 0.29) is 17.2 Å². The van der Waals surface area contributed by atoms with Crippen molar-refractivity contribution < 1.29 is 19.0 Å². The SMILES string of the molecule is CCCCCCCCCCCCC#CC[C@@H](O)C[C@H](O[Si](C)(C)C(C)(C)C)[C@H]1COC(C)(C)O1. The summed E-state index contributed by atoms with van der Waals surface area (Å²) in [5, 5.41) is 10.8. The van der Waals surface area contributed by atoms with Gasteiger partial charge in [0.2, 0.25) is 0 Å². The lowest BCUT2D eigenvalue weighted by atomic mass is 10.0. The van der Waals surface area contributed by atoms with Gasteiger partial charge in [-0.3, -0.25) is 0 Å². The highest BCUT2D eigenvalue weighted by atomic mass is 28.4. The third kappa shape index (κ3) is 13.1. The molecule has 5 heteroatoms. The average molecular weight is 497 g/mol. The number of unbranched alkanes of at least 4 members (excludes halogenated alkanes) is 10. The van der Waals surface area contributed by atoms with Gasteiger partial charge in [0, 0.05) is 19.3 Å². The van der Waals surface area contributed by atoms with Crippen molar-refractivity contribution in [3.8, 4) is 11.8 Å². The molecular formula is C29H56O4Si. The summed E-state index contributed by atoms with van der Waals surface area (Å²) in [7, 11) is -2.00. The normalized spacial score (nSPS) is 20.1. The molecule has 1 heterocycles. The Hall–Kier alpha value is -0.383. The van der Waals surface area contributed by atoms with Gasteiger partial charge in [-0.25, -0.2) is 0 Å². The van der Waals surface area contributed by atoms with E-state index in [1.54, 1.807) is 0 Å². The van der Waals surface area contributed by atoms with Crippen molar-refractivity contribution in [2.45, 2.75) is 167 Å². The molecule has 0 unspecified atom stereocenters. The van der Waals surface area contributed by atoms with Crippen LogP contribution in [0.2, 0.25) is 18.1 Å². The smallest absolute Gasteiger partial charge is 0.192 e. The molecular weight excluding hydrogens is 440 g/mol. The third-order valence-corrected chi connectivity index (χ3v) is 11.8. The first-order valence-corrected chi connectivity index (χ1v) is 16.9. The van der Waals surface area contributed by atoms with Crippen LogP contribution in [0.5, 0.6) is 0 Å². The average Bonchev–Trinajstić information content (AvgIpc) is 3.09. The van der Waals surface area contributed by atoms with Crippen molar-refractivity contribution in [2.75, 3.05) is 6.61 Å². The molecule has 0 aromatic rings. The number of rotatable bonds is 16. The van der Waals surface area contributed by atoms with E-state index in [0.717, 1.165) is 6.42 Å². The Bertz CT molecular complexity index is 599. The van der Waals surface area contributed by atoms with Crippen LogP contribution in [0.25, 0.3) is 0 Å². The summed E-state index contributed by atoms with van der Waals surface area (Å²) in [5.74, 6) is 5.88. The molecule has 1 N–H and O–H groups in total. The van der Waals surface area contributed by atoms with Gasteiger partial charge in [-0.15, -0.1) is 11.8 Å². The lowest BCUT2D eigenvalue weighted by molar-refractivity contribution is -0.151. The molecule has 1 aliphatic heterocycles. The van der Waals surface area contributed by atoms with Crippen LogP contribution >= 0.6 is 0 Å². The first-order valence-electron chi connectivity index (χ1n) is 14.0. The maximum absolute atomic E-state index is 10.7. The second-order valence-electron chi connectivity index (χ2n) is 12.2. The van der Waals surface area contributed by atoms with Gasteiger partial charge in [-0.2, -0.15) is 0 Å². The predicted molar refractivity (Wildman–Crippen MR) is 146 cm³/mol. The second kappa shape index (κ2) is 15.7. The van der Waals surface area contributed by atoms with E-state index in [1.165, 1.54) is 64.2 Å². The largest absolute Gasteiger partial charge is 0.411 e. The third-order valence-electron chi connectivity index (χ3n) is 7.32.